The molecular formula is C40H25N3. The van der Waals surface area contributed by atoms with E-state index in [9.17, 15) is 0 Å². The third kappa shape index (κ3) is 3.68. The summed E-state index contributed by atoms with van der Waals surface area (Å²) in [7, 11) is 0. The maximum Gasteiger partial charge on any atom is 0.0979 e. The first-order valence-corrected chi connectivity index (χ1v) is 14.6. The summed E-state index contributed by atoms with van der Waals surface area (Å²) in [6.45, 7) is 0. The van der Waals surface area contributed by atoms with E-state index in [4.69, 9.17) is 9.97 Å². The van der Waals surface area contributed by atoms with Gasteiger partial charge in [0.25, 0.3) is 0 Å². The molecule has 0 spiro atoms. The van der Waals surface area contributed by atoms with Crippen molar-refractivity contribution in [1.82, 2.24) is 14.5 Å². The highest BCUT2D eigenvalue weighted by Gasteiger charge is 2.19. The summed E-state index contributed by atoms with van der Waals surface area (Å²) in [6.07, 6.45) is 0. The molecule has 0 N–H and O–H groups in total. The van der Waals surface area contributed by atoms with Crippen LogP contribution in [-0.4, -0.2) is 14.5 Å². The van der Waals surface area contributed by atoms with Crippen LogP contribution in [0.2, 0.25) is 0 Å². The Balaban J connectivity index is 1.37. The number of hydrogen-bond acceptors (Lipinski definition) is 2. The zero-order valence-electron chi connectivity index (χ0n) is 23.3. The van der Waals surface area contributed by atoms with Gasteiger partial charge in [0, 0.05) is 27.3 Å². The van der Waals surface area contributed by atoms with Crippen molar-refractivity contribution in [1.29, 1.82) is 0 Å². The smallest absolute Gasteiger partial charge is 0.0979 e. The Labute approximate surface area is 248 Å². The summed E-state index contributed by atoms with van der Waals surface area (Å²) in [5, 5.41) is 7.32. The van der Waals surface area contributed by atoms with Crippen molar-refractivity contribution in [3.63, 3.8) is 0 Å². The van der Waals surface area contributed by atoms with E-state index < -0.39 is 0 Å². The summed E-state index contributed by atoms with van der Waals surface area (Å²) in [4.78, 5) is 10.4. The average molecular weight is 548 g/mol. The minimum absolute atomic E-state index is 0.889. The van der Waals surface area contributed by atoms with E-state index in [1.54, 1.807) is 0 Å². The van der Waals surface area contributed by atoms with Gasteiger partial charge in [-0.1, -0.05) is 109 Å². The van der Waals surface area contributed by atoms with Crippen LogP contribution in [0, 0.1) is 0 Å². The van der Waals surface area contributed by atoms with E-state index in [0.29, 0.717) is 0 Å². The minimum atomic E-state index is 0.889. The summed E-state index contributed by atoms with van der Waals surface area (Å²) in [6, 6.07) is 53.7. The van der Waals surface area contributed by atoms with E-state index in [1.165, 1.54) is 38.0 Å². The zero-order valence-corrected chi connectivity index (χ0v) is 23.3. The topological polar surface area (TPSA) is 30.7 Å². The monoisotopic (exact) mass is 547 g/mol. The molecule has 2 aromatic heterocycles. The molecule has 0 saturated carbocycles. The number of benzene rings is 7. The van der Waals surface area contributed by atoms with Gasteiger partial charge in [0.1, 0.15) is 0 Å². The second kappa shape index (κ2) is 9.37. The van der Waals surface area contributed by atoms with Crippen LogP contribution in [0.4, 0.5) is 0 Å². The lowest BCUT2D eigenvalue weighted by Gasteiger charge is -2.16. The van der Waals surface area contributed by atoms with Crippen molar-refractivity contribution in [2.24, 2.45) is 0 Å². The van der Waals surface area contributed by atoms with Crippen LogP contribution in [-0.2, 0) is 0 Å². The summed E-state index contributed by atoms with van der Waals surface area (Å²) in [5.74, 6) is 0. The molecule has 0 radical (unpaired) electrons. The molecule has 9 rings (SSSR count). The van der Waals surface area contributed by atoms with Gasteiger partial charge in [-0.3, -0.25) is 0 Å². The number of para-hydroxylation sites is 3. The van der Waals surface area contributed by atoms with Crippen LogP contribution in [0.15, 0.2) is 152 Å². The normalized spacial score (nSPS) is 11.7. The molecule has 43 heavy (non-hydrogen) atoms. The molecule has 0 saturated heterocycles. The first-order valence-electron chi connectivity index (χ1n) is 14.6. The fraction of sp³-hybridized carbons (Fsp3) is 0. The number of aromatic nitrogens is 3. The third-order valence-electron chi connectivity index (χ3n) is 8.55. The van der Waals surface area contributed by atoms with Crippen molar-refractivity contribution in [2.75, 3.05) is 0 Å². The number of nitrogens with zero attached hydrogens (tertiary/aromatic N) is 3. The number of fused-ring (bicyclic) bond motifs is 6. The SMILES string of the molecule is c1ccc(-c2nc3ccccc3nc2-c2ccc(-n3c4ccccc4c4cc5ccccc5cc43)c3ccccc23)cc1. The highest BCUT2D eigenvalue weighted by molar-refractivity contribution is 6.15. The van der Waals surface area contributed by atoms with E-state index in [1.807, 2.05) is 30.3 Å². The lowest BCUT2D eigenvalue weighted by atomic mass is 9.96. The van der Waals surface area contributed by atoms with Crippen molar-refractivity contribution < 1.29 is 0 Å². The minimum Gasteiger partial charge on any atom is -0.309 e. The van der Waals surface area contributed by atoms with Crippen LogP contribution < -0.4 is 0 Å². The molecule has 0 fully saturated rings. The highest BCUT2D eigenvalue weighted by Crippen LogP contribution is 2.40. The Hall–Kier alpha value is -5.80. The van der Waals surface area contributed by atoms with E-state index >= 15 is 0 Å². The maximum atomic E-state index is 5.23. The summed E-state index contributed by atoms with van der Waals surface area (Å²) in [5.41, 5.74) is 9.23. The van der Waals surface area contributed by atoms with Gasteiger partial charge in [0.2, 0.25) is 0 Å². The Morgan fingerprint density at radius 3 is 1.79 bits per heavy atom. The van der Waals surface area contributed by atoms with Gasteiger partial charge in [-0.2, -0.15) is 0 Å². The molecular weight excluding hydrogens is 522 g/mol. The fourth-order valence-corrected chi connectivity index (χ4v) is 6.58. The first-order chi connectivity index (χ1) is 21.3. The average Bonchev–Trinajstić information content (AvgIpc) is 3.39. The highest BCUT2D eigenvalue weighted by atomic mass is 15.0. The van der Waals surface area contributed by atoms with Gasteiger partial charge in [0.15, 0.2) is 0 Å². The Morgan fingerprint density at radius 1 is 0.395 bits per heavy atom. The van der Waals surface area contributed by atoms with Gasteiger partial charge in [-0.15, -0.1) is 0 Å². The molecule has 0 amide bonds. The Bertz CT molecular complexity index is 2510. The molecule has 0 aliphatic rings. The lowest BCUT2D eigenvalue weighted by molar-refractivity contribution is 1.20. The second-order valence-corrected chi connectivity index (χ2v) is 11.0. The van der Waals surface area contributed by atoms with Crippen molar-refractivity contribution >= 4 is 54.4 Å². The Kier molecular flexibility index (Phi) is 5.20. The van der Waals surface area contributed by atoms with Crippen LogP contribution in [0.25, 0.3) is 82.6 Å². The van der Waals surface area contributed by atoms with E-state index in [-0.39, 0.29) is 0 Å². The van der Waals surface area contributed by atoms with E-state index in [0.717, 1.165) is 44.6 Å². The molecule has 0 atom stereocenters. The molecule has 3 nitrogen and oxygen atoms in total. The molecule has 0 bridgehead atoms. The van der Waals surface area contributed by atoms with Crippen LogP contribution >= 0.6 is 0 Å². The Morgan fingerprint density at radius 2 is 1.00 bits per heavy atom. The molecule has 0 aliphatic heterocycles. The van der Waals surface area contributed by atoms with Crippen LogP contribution in [0.3, 0.4) is 0 Å². The fourth-order valence-electron chi connectivity index (χ4n) is 6.58. The number of hydrogen-bond donors (Lipinski definition) is 0. The van der Waals surface area contributed by atoms with Gasteiger partial charge < -0.3 is 4.57 Å². The zero-order chi connectivity index (χ0) is 28.3. The number of rotatable bonds is 3. The molecule has 0 unspecified atom stereocenters. The van der Waals surface area contributed by atoms with Gasteiger partial charge in [-0.25, -0.2) is 9.97 Å². The molecule has 9 aromatic rings. The van der Waals surface area contributed by atoms with Crippen molar-refractivity contribution in [2.45, 2.75) is 0 Å². The quantitative estimate of drug-likeness (QED) is 0.220. The molecule has 7 aromatic carbocycles. The standard InChI is InChI=1S/C40H25N3/c1-2-12-26(13-3-1)39-40(42-35-20-10-9-19-34(35)41-39)32-22-23-37(30-17-7-6-16-29(30)32)43-36-21-11-8-18-31(36)33-24-27-14-4-5-15-28(27)25-38(33)43/h1-25H. The largest absolute Gasteiger partial charge is 0.309 e. The van der Waals surface area contributed by atoms with Gasteiger partial charge in [-0.05, 0) is 58.6 Å². The van der Waals surface area contributed by atoms with Crippen molar-refractivity contribution in [3.05, 3.63) is 152 Å². The first kappa shape index (κ1) is 23.9. The molecule has 200 valence electrons. The predicted octanol–water partition coefficient (Wildman–Crippen LogP) is 10.4. The van der Waals surface area contributed by atoms with E-state index in [2.05, 4.69) is 126 Å². The van der Waals surface area contributed by atoms with Crippen molar-refractivity contribution in [3.8, 4) is 28.2 Å². The van der Waals surface area contributed by atoms with Gasteiger partial charge in [0.05, 0.1) is 39.1 Å². The van der Waals surface area contributed by atoms with Crippen LogP contribution in [0.5, 0.6) is 0 Å². The van der Waals surface area contributed by atoms with Gasteiger partial charge >= 0.3 is 0 Å². The second-order valence-electron chi connectivity index (χ2n) is 11.0. The van der Waals surface area contributed by atoms with Crippen LogP contribution in [0.1, 0.15) is 0 Å². The third-order valence-corrected chi connectivity index (χ3v) is 8.55. The summed E-state index contributed by atoms with van der Waals surface area (Å²) < 4.78 is 2.42. The maximum absolute atomic E-state index is 5.23. The molecule has 0 aliphatic carbocycles. The summed E-state index contributed by atoms with van der Waals surface area (Å²) >= 11 is 0. The lowest BCUT2D eigenvalue weighted by Crippen LogP contribution is -1.99. The predicted molar refractivity (Wildman–Crippen MR) is 180 cm³/mol. The molecule has 3 heteroatoms. The molecule has 2 heterocycles.